The molecule has 0 aliphatic rings. The molecule has 0 unspecified atom stereocenters. The Balaban J connectivity index is 1.99. The maximum absolute atomic E-state index is 13.1. The number of hydrogen-bond donors (Lipinski definition) is 1. The Labute approximate surface area is 119 Å². The fourth-order valence-electron chi connectivity index (χ4n) is 1.76. The second kappa shape index (κ2) is 4.94. The number of aromatic nitrogens is 2. The van der Waals surface area contributed by atoms with Crippen LogP contribution in [-0.2, 0) is 0 Å². The van der Waals surface area contributed by atoms with Crippen molar-refractivity contribution in [3.8, 4) is 22.8 Å². The molecule has 0 aliphatic heterocycles. The van der Waals surface area contributed by atoms with Crippen LogP contribution in [0.2, 0.25) is 5.02 Å². The van der Waals surface area contributed by atoms with Gasteiger partial charge in [-0.05, 0) is 30.3 Å². The smallest absolute Gasteiger partial charge is 0.258 e. The van der Waals surface area contributed by atoms with Crippen molar-refractivity contribution in [3.05, 3.63) is 53.3 Å². The number of nitrogens with zero attached hydrogens (tertiary/aromatic N) is 2. The van der Waals surface area contributed by atoms with Gasteiger partial charge in [-0.15, -0.1) is 0 Å². The van der Waals surface area contributed by atoms with Gasteiger partial charge >= 0.3 is 0 Å². The monoisotopic (exact) mass is 289 g/mol. The van der Waals surface area contributed by atoms with E-state index in [0.717, 1.165) is 5.56 Å². The van der Waals surface area contributed by atoms with Crippen molar-refractivity contribution in [1.82, 2.24) is 10.1 Å². The summed E-state index contributed by atoms with van der Waals surface area (Å²) in [6.45, 7) is 0. The highest BCUT2D eigenvalue weighted by Gasteiger charge is 2.12. The van der Waals surface area contributed by atoms with Gasteiger partial charge in [0.05, 0.1) is 5.69 Å². The molecule has 0 amide bonds. The lowest BCUT2D eigenvalue weighted by molar-refractivity contribution is 0.432. The maximum Gasteiger partial charge on any atom is 0.258 e. The topological polar surface area (TPSA) is 64.9 Å². The lowest BCUT2D eigenvalue weighted by Gasteiger charge is -1.98. The summed E-state index contributed by atoms with van der Waals surface area (Å²) in [4.78, 5) is 4.25. The Morgan fingerprint density at radius 2 is 1.95 bits per heavy atom. The molecular formula is C14H9ClFN3O. The van der Waals surface area contributed by atoms with Gasteiger partial charge in [0.1, 0.15) is 5.82 Å². The van der Waals surface area contributed by atoms with Crippen LogP contribution in [0.3, 0.4) is 0 Å². The summed E-state index contributed by atoms with van der Waals surface area (Å²) in [6, 6.07) is 11.3. The van der Waals surface area contributed by atoms with Gasteiger partial charge in [0, 0.05) is 16.1 Å². The van der Waals surface area contributed by atoms with E-state index in [9.17, 15) is 4.39 Å². The van der Waals surface area contributed by atoms with Gasteiger partial charge < -0.3 is 10.3 Å². The lowest BCUT2D eigenvalue weighted by atomic mass is 10.2. The molecule has 0 spiro atoms. The minimum atomic E-state index is -0.483. The van der Waals surface area contributed by atoms with Gasteiger partial charge in [-0.2, -0.15) is 4.98 Å². The van der Waals surface area contributed by atoms with Crippen LogP contribution in [0.4, 0.5) is 10.1 Å². The second-order valence-electron chi connectivity index (χ2n) is 4.17. The zero-order chi connectivity index (χ0) is 14.1. The van der Waals surface area contributed by atoms with E-state index in [1.165, 1.54) is 18.2 Å². The van der Waals surface area contributed by atoms with Crippen LogP contribution in [0, 0.1) is 5.82 Å². The molecule has 0 aliphatic carbocycles. The van der Waals surface area contributed by atoms with Crippen molar-refractivity contribution >= 4 is 17.3 Å². The van der Waals surface area contributed by atoms with E-state index in [0.29, 0.717) is 16.4 Å². The van der Waals surface area contributed by atoms with Gasteiger partial charge in [0.2, 0.25) is 5.82 Å². The number of benzene rings is 2. The van der Waals surface area contributed by atoms with Crippen LogP contribution in [0.15, 0.2) is 47.0 Å². The summed E-state index contributed by atoms with van der Waals surface area (Å²) < 4.78 is 18.3. The van der Waals surface area contributed by atoms with Crippen LogP contribution in [-0.4, -0.2) is 10.1 Å². The normalized spacial score (nSPS) is 10.7. The molecule has 4 nitrogen and oxygen atoms in total. The second-order valence-corrected chi connectivity index (χ2v) is 4.61. The van der Waals surface area contributed by atoms with Gasteiger partial charge in [-0.3, -0.25) is 0 Å². The SMILES string of the molecule is Nc1cc(-c2nc(-c3cccc(Cl)c3)no2)ccc1F. The summed E-state index contributed by atoms with van der Waals surface area (Å²) in [6.07, 6.45) is 0. The molecule has 3 rings (SSSR count). The molecule has 1 aromatic heterocycles. The molecule has 1 heterocycles. The highest BCUT2D eigenvalue weighted by Crippen LogP contribution is 2.25. The molecule has 0 atom stereocenters. The fourth-order valence-corrected chi connectivity index (χ4v) is 1.95. The average Bonchev–Trinajstić information content (AvgIpc) is 2.92. The summed E-state index contributed by atoms with van der Waals surface area (Å²) in [5.74, 6) is 0.195. The number of anilines is 1. The third-order valence-corrected chi connectivity index (χ3v) is 2.99. The van der Waals surface area contributed by atoms with Gasteiger partial charge in [-0.1, -0.05) is 28.9 Å². The van der Waals surface area contributed by atoms with Crippen molar-refractivity contribution in [2.45, 2.75) is 0 Å². The molecule has 0 radical (unpaired) electrons. The van der Waals surface area contributed by atoms with Crippen molar-refractivity contribution in [2.24, 2.45) is 0 Å². The van der Waals surface area contributed by atoms with Crippen LogP contribution < -0.4 is 5.73 Å². The minimum absolute atomic E-state index is 0.0324. The first-order chi connectivity index (χ1) is 9.63. The molecule has 0 fully saturated rings. The van der Waals surface area contributed by atoms with E-state index in [1.807, 2.05) is 6.07 Å². The molecule has 0 saturated heterocycles. The van der Waals surface area contributed by atoms with E-state index < -0.39 is 5.82 Å². The number of rotatable bonds is 2. The van der Waals surface area contributed by atoms with Crippen molar-refractivity contribution in [2.75, 3.05) is 5.73 Å². The predicted octanol–water partition coefficient (Wildman–Crippen LogP) is 3.78. The van der Waals surface area contributed by atoms with E-state index in [-0.39, 0.29) is 11.6 Å². The number of hydrogen-bond acceptors (Lipinski definition) is 4. The summed E-state index contributed by atoms with van der Waals surface area (Å²) in [5, 5.41) is 4.46. The van der Waals surface area contributed by atoms with Crippen LogP contribution in [0.25, 0.3) is 22.8 Å². The lowest BCUT2D eigenvalue weighted by Crippen LogP contribution is -1.90. The molecule has 20 heavy (non-hydrogen) atoms. The molecule has 6 heteroatoms. The van der Waals surface area contributed by atoms with Gasteiger partial charge in [0.15, 0.2) is 0 Å². The van der Waals surface area contributed by atoms with Crippen molar-refractivity contribution in [3.63, 3.8) is 0 Å². The largest absolute Gasteiger partial charge is 0.396 e. The van der Waals surface area contributed by atoms with Crippen molar-refractivity contribution < 1.29 is 8.91 Å². The predicted molar refractivity (Wildman–Crippen MR) is 74.6 cm³/mol. The van der Waals surface area contributed by atoms with Crippen LogP contribution >= 0.6 is 11.6 Å². The standard InChI is InChI=1S/C14H9ClFN3O/c15-10-3-1-2-8(6-10)13-18-14(20-19-13)9-4-5-11(16)12(17)7-9/h1-7H,17H2. The van der Waals surface area contributed by atoms with Crippen molar-refractivity contribution in [1.29, 1.82) is 0 Å². The van der Waals surface area contributed by atoms with E-state index in [1.54, 1.807) is 18.2 Å². The quantitative estimate of drug-likeness (QED) is 0.729. The molecular weight excluding hydrogens is 281 g/mol. The Hall–Kier alpha value is -2.40. The zero-order valence-corrected chi connectivity index (χ0v) is 10.9. The first-order valence-corrected chi connectivity index (χ1v) is 6.16. The maximum atomic E-state index is 13.1. The summed E-state index contributed by atoms with van der Waals surface area (Å²) >= 11 is 5.91. The minimum Gasteiger partial charge on any atom is -0.396 e. The highest BCUT2D eigenvalue weighted by atomic mass is 35.5. The highest BCUT2D eigenvalue weighted by molar-refractivity contribution is 6.30. The zero-order valence-electron chi connectivity index (χ0n) is 10.2. The average molecular weight is 290 g/mol. The van der Waals surface area contributed by atoms with E-state index in [4.69, 9.17) is 21.9 Å². The molecule has 0 saturated carbocycles. The Morgan fingerprint density at radius 1 is 1.10 bits per heavy atom. The third kappa shape index (κ3) is 2.35. The van der Waals surface area contributed by atoms with Gasteiger partial charge in [-0.25, -0.2) is 4.39 Å². The van der Waals surface area contributed by atoms with E-state index >= 15 is 0 Å². The van der Waals surface area contributed by atoms with Gasteiger partial charge in [0.25, 0.3) is 5.89 Å². The first-order valence-electron chi connectivity index (χ1n) is 5.78. The molecule has 0 bridgehead atoms. The molecule has 2 aromatic carbocycles. The Bertz CT molecular complexity index is 773. The molecule has 100 valence electrons. The molecule has 2 N–H and O–H groups in total. The third-order valence-electron chi connectivity index (χ3n) is 2.75. The Kier molecular flexibility index (Phi) is 3.12. The van der Waals surface area contributed by atoms with Crippen LogP contribution in [0.5, 0.6) is 0 Å². The first kappa shape index (κ1) is 12.6. The molecule has 3 aromatic rings. The van der Waals surface area contributed by atoms with E-state index in [2.05, 4.69) is 10.1 Å². The Morgan fingerprint density at radius 3 is 2.70 bits per heavy atom. The fraction of sp³-hybridized carbons (Fsp3) is 0. The summed E-state index contributed by atoms with van der Waals surface area (Å²) in [7, 11) is 0. The number of nitrogen functional groups attached to an aromatic ring is 1. The number of halogens is 2. The van der Waals surface area contributed by atoms with Crippen LogP contribution in [0.1, 0.15) is 0 Å². The summed E-state index contributed by atoms with van der Waals surface area (Å²) in [5.41, 5.74) is 6.84. The number of nitrogens with two attached hydrogens (primary N) is 1.